The maximum atomic E-state index is 10.8. The summed E-state index contributed by atoms with van der Waals surface area (Å²) in [6.45, 7) is 0.470. The number of non-ortho nitro benzene ring substituents is 1. The summed E-state index contributed by atoms with van der Waals surface area (Å²) < 4.78 is 5.45. The zero-order valence-electron chi connectivity index (χ0n) is 10.9. The molecule has 0 aliphatic carbocycles. The van der Waals surface area contributed by atoms with E-state index in [1.165, 1.54) is 18.2 Å². The van der Waals surface area contributed by atoms with Crippen molar-refractivity contribution in [1.29, 1.82) is 0 Å². The highest BCUT2D eigenvalue weighted by Gasteiger charge is 2.10. The molecule has 1 aromatic heterocycles. The number of hydrogen-bond acceptors (Lipinski definition) is 4. The first kappa shape index (κ1) is 13.5. The number of hydrogen-bond donors (Lipinski definition) is 1. The summed E-state index contributed by atoms with van der Waals surface area (Å²) in [5.41, 5.74) is 2.29. The number of benzene rings is 2. The lowest BCUT2D eigenvalue weighted by Crippen LogP contribution is -2.00. The molecule has 2 aromatic carbocycles. The maximum Gasteiger partial charge on any atom is 0.271 e. The standard InChI is InChI=1S/C15H11ClN2O3/c16-13-6-5-11(18(19)20)7-14(13)17-8-10-9-21-15-4-2-1-3-12(10)15/h1-7,9,17H,8H2. The summed E-state index contributed by atoms with van der Waals surface area (Å²) in [4.78, 5) is 10.3. The Balaban J connectivity index is 1.84. The Morgan fingerprint density at radius 2 is 2.05 bits per heavy atom. The van der Waals surface area contributed by atoms with E-state index in [1.54, 1.807) is 6.26 Å². The lowest BCUT2D eigenvalue weighted by atomic mass is 10.2. The smallest absolute Gasteiger partial charge is 0.271 e. The minimum absolute atomic E-state index is 0.000971. The van der Waals surface area contributed by atoms with Crippen LogP contribution in [0.3, 0.4) is 0 Å². The second kappa shape index (κ2) is 5.46. The van der Waals surface area contributed by atoms with Crippen molar-refractivity contribution in [3.8, 4) is 0 Å². The second-order valence-corrected chi connectivity index (χ2v) is 4.94. The van der Waals surface area contributed by atoms with Gasteiger partial charge in [-0.05, 0) is 12.1 Å². The average molecular weight is 303 g/mol. The third kappa shape index (κ3) is 2.68. The number of halogens is 1. The monoisotopic (exact) mass is 302 g/mol. The van der Waals surface area contributed by atoms with Crippen molar-refractivity contribution in [2.75, 3.05) is 5.32 Å². The van der Waals surface area contributed by atoms with Crippen LogP contribution >= 0.6 is 11.6 Å². The number of anilines is 1. The van der Waals surface area contributed by atoms with Gasteiger partial charge >= 0.3 is 0 Å². The van der Waals surface area contributed by atoms with E-state index in [2.05, 4.69) is 5.32 Å². The molecule has 0 atom stereocenters. The summed E-state index contributed by atoms with van der Waals surface area (Å²) in [6.07, 6.45) is 1.67. The highest BCUT2D eigenvalue weighted by molar-refractivity contribution is 6.33. The van der Waals surface area contributed by atoms with Crippen molar-refractivity contribution in [3.05, 3.63) is 69.4 Å². The summed E-state index contributed by atoms with van der Waals surface area (Å²) in [5.74, 6) is 0. The van der Waals surface area contributed by atoms with Gasteiger partial charge in [0.1, 0.15) is 5.58 Å². The predicted molar refractivity (Wildman–Crippen MR) is 81.6 cm³/mol. The van der Waals surface area contributed by atoms with Crippen molar-refractivity contribution in [3.63, 3.8) is 0 Å². The van der Waals surface area contributed by atoms with Crippen LogP contribution in [0.1, 0.15) is 5.56 Å². The topological polar surface area (TPSA) is 68.3 Å². The van der Waals surface area contributed by atoms with Crippen LogP contribution in [-0.4, -0.2) is 4.92 Å². The van der Waals surface area contributed by atoms with Crippen LogP contribution in [0.15, 0.2) is 53.1 Å². The number of nitrogens with zero attached hydrogens (tertiary/aromatic N) is 1. The highest BCUT2D eigenvalue weighted by Crippen LogP contribution is 2.28. The molecule has 21 heavy (non-hydrogen) atoms. The molecular weight excluding hydrogens is 292 g/mol. The number of nitrogens with one attached hydrogen (secondary N) is 1. The van der Waals surface area contributed by atoms with E-state index >= 15 is 0 Å². The molecule has 1 heterocycles. The molecule has 0 saturated heterocycles. The molecule has 0 saturated carbocycles. The Bertz CT molecular complexity index is 814. The molecule has 1 N–H and O–H groups in total. The Kier molecular flexibility index (Phi) is 3.50. The van der Waals surface area contributed by atoms with Crippen LogP contribution in [0.4, 0.5) is 11.4 Å². The van der Waals surface area contributed by atoms with E-state index in [9.17, 15) is 10.1 Å². The van der Waals surface area contributed by atoms with Gasteiger partial charge in [0.25, 0.3) is 5.69 Å². The molecule has 3 aromatic rings. The van der Waals surface area contributed by atoms with Gasteiger partial charge in [-0.1, -0.05) is 29.8 Å². The van der Waals surface area contributed by atoms with Crippen molar-refractivity contribution in [2.24, 2.45) is 0 Å². The molecule has 0 fully saturated rings. The van der Waals surface area contributed by atoms with Gasteiger partial charge in [0.05, 0.1) is 21.9 Å². The molecule has 3 rings (SSSR count). The number of furan rings is 1. The van der Waals surface area contributed by atoms with Crippen molar-refractivity contribution < 1.29 is 9.34 Å². The van der Waals surface area contributed by atoms with E-state index in [-0.39, 0.29) is 5.69 Å². The van der Waals surface area contributed by atoms with Gasteiger partial charge in [0.15, 0.2) is 0 Å². The van der Waals surface area contributed by atoms with Crippen LogP contribution in [0.25, 0.3) is 11.0 Å². The van der Waals surface area contributed by atoms with Gasteiger partial charge < -0.3 is 9.73 Å². The second-order valence-electron chi connectivity index (χ2n) is 4.53. The molecule has 106 valence electrons. The van der Waals surface area contributed by atoms with Gasteiger partial charge in [0.2, 0.25) is 0 Å². The number of fused-ring (bicyclic) bond motifs is 1. The molecule has 0 unspecified atom stereocenters. The lowest BCUT2D eigenvalue weighted by Gasteiger charge is -2.07. The molecule has 6 heteroatoms. The first-order chi connectivity index (χ1) is 10.1. The van der Waals surface area contributed by atoms with Crippen LogP contribution < -0.4 is 5.32 Å². The largest absolute Gasteiger partial charge is 0.464 e. The summed E-state index contributed by atoms with van der Waals surface area (Å²) >= 11 is 6.05. The van der Waals surface area contributed by atoms with Crippen LogP contribution in [-0.2, 0) is 6.54 Å². The molecule has 0 aliphatic heterocycles. The molecule has 0 bridgehead atoms. The predicted octanol–water partition coefficient (Wildman–Crippen LogP) is 4.61. The van der Waals surface area contributed by atoms with E-state index in [1.807, 2.05) is 24.3 Å². The molecule has 0 spiro atoms. The van der Waals surface area contributed by atoms with Gasteiger partial charge in [-0.25, -0.2) is 0 Å². The molecule has 5 nitrogen and oxygen atoms in total. The summed E-state index contributed by atoms with van der Waals surface area (Å²) in [7, 11) is 0. The van der Waals surface area contributed by atoms with Gasteiger partial charge in [0, 0.05) is 29.6 Å². The van der Waals surface area contributed by atoms with Crippen molar-refractivity contribution in [2.45, 2.75) is 6.54 Å². The fourth-order valence-electron chi connectivity index (χ4n) is 2.12. The van der Waals surface area contributed by atoms with Crippen LogP contribution in [0, 0.1) is 10.1 Å². The Hall–Kier alpha value is -2.53. The zero-order valence-corrected chi connectivity index (χ0v) is 11.6. The normalized spacial score (nSPS) is 10.7. The Morgan fingerprint density at radius 3 is 2.86 bits per heavy atom. The SMILES string of the molecule is O=[N+]([O-])c1ccc(Cl)c(NCc2coc3ccccc23)c1. The van der Waals surface area contributed by atoms with E-state index in [4.69, 9.17) is 16.0 Å². The van der Waals surface area contributed by atoms with Gasteiger partial charge in [-0.3, -0.25) is 10.1 Å². The van der Waals surface area contributed by atoms with Crippen molar-refractivity contribution >= 4 is 33.9 Å². The van der Waals surface area contributed by atoms with E-state index in [0.29, 0.717) is 17.3 Å². The van der Waals surface area contributed by atoms with E-state index < -0.39 is 4.92 Å². The molecule has 0 amide bonds. The first-order valence-electron chi connectivity index (χ1n) is 6.28. The minimum atomic E-state index is -0.450. The number of rotatable bonds is 4. The fourth-order valence-corrected chi connectivity index (χ4v) is 2.31. The van der Waals surface area contributed by atoms with Crippen molar-refractivity contribution in [1.82, 2.24) is 0 Å². The Labute approximate surface area is 125 Å². The number of nitro benzene ring substituents is 1. The third-order valence-corrected chi connectivity index (χ3v) is 3.52. The van der Waals surface area contributed by atoms with Gasteiger partial charge in [-0.15, -0.1) is 0 Å². The van der Waals surface area contributed by atoms with Crippen LogP contribution in [0.5, 0.6) is 0 Å². The molecular formula is C15H11ClN2O3. The average Bonchev–Trinajstić information content (AvgIpc) is 2.89. The zero-order chi connectivity index (χ0) is 14.8. The number of para-hydroxylation sites is 1. The minimum Gasteiger partial charge on any atom is -0.464 e. The lowest BCUT2D eigenvalue weighted by molar-refractivity contribution is -0.384. The third-order valence-electron chi connectivity index (χ3n) is 3.19. The maximum absolute atomic E-state index is 10.8. The first-order valence-corrected chi connectivity index (χ1v) is 6.66. The van der Waals surface area contributed by atoms with Gasteiger partial charge in [-0.2, -0.15) is 0 Å². The Morgan fingerprint density at radius 1 is 1.24 bits per heavy atom. The quantitative estimate of drug-likeness (QED) is 0.564. The number of nitro groups is 1. The van der Waals surface area contributed by atoms with E-state index in [0.717, 1.165) is 16.5 Å². The fraction of sp³-hybridized carbons (Fsp3) is 0.0667. The molecule has 0 radical (unpaired) electrons. The summed E-state index contributed by atoms with van der Waals surface area (Å²) in [5, 5.41) is 15.3. The highest BCUT2D eigenvalue weighted by atomic mass is 35.5. The van der Waals surface area contributed by atoms with Crippen LogP contribution in [0.2, 0.25) is 5.02 Å². The summed E-state index contributed by atoms with van der Waals surface area (Å²) in [6, 6.07) is 12.0. The molecule has 0 aliphatic rings.